The minimum Gasteiger partial charge on any atom is -0.350 e. The van der Waals surface area contributed by atoms with Gasteiger partial charge in [0, 0.05) is 0 Å². The van der Waals surface area contributed by atoms with Gasteiger partial charge in [0.15, 0.2) is 0 Å². The number of primary amides is 1. The Morgan fingerprint density at radius 2 is 2.00 bits per heavy atom. The summed E-state index contributed by atoms with van der Waals surface area (Å²) in [7, 11) is 0. The Morgan fingerprint density at radius 1 is 1.55 bits per heavy atom. The topological polar surface area (TPSA) is 93.5 Å². The highest BCUT2D eigenvalue weighted by Gasteiger charge is 2.14. The van der Waals surface area contributed by atoms with Crippen molar-refractivity contribution in [1.82, 2.24) is 5.43 Å². The van der Waals surface area contributed by atoms with Crippen LogP contribution in [-0.4, -0.2) is 17.3 Å². The van der Waals surface area contributed by atoms with E-state index < -0.39 is 11.6 Å². The van der Waals surface area contributed by atoms with Crippen LogP contribution in [0.5, 0.6) is 0 Å². The summed E-state index contributed by atoms with van der Waals surface area (Å²) < 4.78 is 0. The third-order valence-corrected chi connectivity index (χ3v) is 1.27. The Morgan fingerprint density at radius 3 is 2.27 bits per heavy atom. The van der Waals surface area contributed by atoms with E-state index in [0.717, 1.165) is 0 Å². The van der Waals surface area contributed by atoms with Crippen molar-refractivity contribution in [2.24, 2.45) is 16.6 Å². The highest BCUT2D eigenvalue weighted by atomic mass is 16.2. The molecule has 0 aliphatic carbocycles. The summed E-state index contributed by atoms with van der Waals surface area (Å²) in [5.74, 6) is 0. The summed E-state index contributed by atoms with van der Waals surface area (Å²) in [6.45, 7) is 5.29. The smallest absolute Gasteiger partial charge is 0.332 e. The van der Waals surface area contributed by atoms with E-state index in [4.69, 9.17) is 11.5 Å². The van der Waals surface area contributed by atoms with Gasteiger partial charge in [0.1, 0.15) is 0 Å². The maximum absolute atomic E-state index is 10.2. The van der Waals surface area contributed by atoms with E-state index in [1.54, 1.807) is 20.8 Å². The van der Waals surface area contributed by atoms with Gasteiger partial charge in [-0.25, -0.2) is 10.2 Å². The largest absolute Gasteiger partial charge is 0.350 e. The van der Waals surface area contributed by atoms with Crippen LogP contribution in [0.2, 0.25) is 0 Å². The van der Waals surface area contributed by atoms with Crippen LogP contribution in [0.4, 0.5) is 4.79 Å². The second-order valence-electron chi connectivity index (χ2n) is 2.89. The molecule has 2 amide bonds. The number of carbonyl (C=O) groups is 1. The first-order chi connectivity index (χ1) is 4.84. The van der Waals surface area contributed by atoms with Gasteiger partial charge >= 0.3 is 6.03 Å². The van der Waals surface area contributed by atoms with E-state index >= 15 is 0 Å². The first-order valence-corrected chi connectivity index (χ1v) is 3.23. The average Bonchev–Trinajstić information content (AvgIpc) is 1.80. The molecule has 0 radical (unpaired) electrons. The van der Waals surface area contributed by atoms with Crippen LogP contribution in [0.25, 0.3) is 0 Å². The van der Waals surface area contributed by atoms with Crippen molar-refractivity contribution in [1.29, 1.82) is 0 Å². The van der Waals surface area contributed by atoms with Crippen molar-refractivity contribution >= 4 is 11.7 Å². The highest BCUT2D eigenvalue weighted by Crippen LogP contribution is 1.98. The van der Waals surface area contributed by atoms with Crippen LogP contribution in [0, 0.1) is 0 Å². The molecule has 0 aliphatic rings. The molecule has 0 heterocycles. The van der Waals surface area contributed by atoms with Gasteiger partial charge in [-0.3, -0.25) is 0 Å². The third kappa shape index (κ3) is 4.32. The summed E-state index contributed by atoms with van der Waals surface area (Å²) in [4.78, 5) is 10.2. The lowest BCUT2D eigenvalue weighted by atomic mass is 10.0. The van der Waals surface area contributed by atoms with Crippen LogP contribution in [0.3, 0.4) is 0 Å². The van der Waals surface area contributed by atoms with E-state index in [9.17, 15) is 4.79 Å². The fourth-order valence-corrected chi connectivity index (χ4v) is 0.283. The molecule has 0 aliphatic heterocycles. The molecule has 0 atom stereocenters. The molecule has 0 unspecified atom stereocenters. The Bertz CT molecular complexity index is 180. The molecule has 0 aromatic heterocycles. The summed E-state index contributed by atoms with van der Waals surface area (Å²) in [5, 5.41) is 3.66. The van der Waals surface area contributed by atoms with Crippen molar-refractivity contribution in [2.75, 3.05) is 0 Å². The summed E-state index contributed by atoms with van der Waals surface area (Å²) in [5.41, 5.74) is 12.6. The maximum atomic E-state index is 10.2. The Kier molecular flexibility index (Phi) is 3.00. The standard InChI is InChI=1S/C6H14N4O/c1-4(6(2,3)8)9-10-5(7)11/h8H2,1-3H3,(H3,7,10,11). The Balaban J connectivity index is 4.12. The van der Waals surface area contributed by atoms with Crippen molar-refractivity contribution in [3.8, 4) is 0 Å². The number of nitrogens with zero attached hydrogens (tertiary/aromatic N) is 1. The van der Waals surface area contributed by atoms with Gasteiger partial charge in [-0.05, 0) is 20.8 Å². The van der Waals surface area contributed by atoms with Crippen molar-refractivity contribution in [2.45, 2.75) is 26.3 Å². The molecule has 64 valence electrons. The fourth-order valence-electron chi connectivity index (χ4n) is 0.283. The van der Waals surface area contributed by atoms with E-state index in [1.807, 2.05) is 0 Å². The predicted octanol–water partition coefficient (Wildman–Crippen LogP) is -0.232. The molecule has 5 N–H and O–H groups in total. The van der Waals surface area contributed by atoms with Crippen LogP contribution in [0.1, 0.15) is 20.8 Å². The van der Waals surface area contributed by atoms with Gasteiger partial charge in [0.05, 0.1) is 11.3 Å². The van der Waals surface area contributed by atoms with Gasteiger partial charge in [-0.15, -0.1) is 0 Å². The summed E-state index contributed by atoms with van der Waals surface area (Å²) in [6.07, 6.45) is 0. The zero-order valence-corrected chi connectivity index (χ0v) is 7.01. The number of carbonyl (C=O) groups excluding carboxylic acids is 1. The number of amides is 2. The normalized spacial score (nSPS) is 12.9. The minimum absolute atomic E-state index is 0.525. The molecule has 0 saturated heterocycles. The summed E-state index contributed by atoms with van der Waals surface area (Å²) in [6, 6.07) is -0.686. The number of nitrogens with one attached hydrogen (secondary N) is 1. The van der Waals surface area contributed by atoms with E-state index in [1.165, 1.54) is 0 Å². The lowest BCUT2D eigenvalue weighted by Gasteiger charge is -2.17. The first-order valence-electron chi connectivity index (χ1n) is 3.23. The van der Waals surface area contributed by atoms with Gasteiger partial charge in [0.25, 0.3) is 0 Å². The number of rotatable bonds is 2. The molecule has 0 bridgehead atoms. The molecule has 0 rings (SSSR count). The molecular formula is C6H14N4O. The Labute approximate surface area is 65.8 Å². The van der Waals surface area contributed by atoms with Crippen LogP contribution >= 0.6 is 0 Å². The van der Waals surface area contributed by atoms with Gasteiger partial charge < -0.3 is 11.5 Å². The van der Waals surface area contributed by atoms with E-state index in [-0.39, 0.29) is 0 Å². The number of hydrogen-bond donors (Lipinski definition) is 3. The quantitative estimate of drug-likeness (QED) is 0.382. The zero-order chi connectivity index (χ0) is 9.07. The fraction of sp³-hybridized carbons (Fsp3) is 0.667. The van der Waals surface area contributed by atoms with Crippen LogP contribution < -0.4 is 16.9 Å². The van der Waals surface area contributed by atoms with Gasteiger partial charge in [-0.2, -0.15) is 5.10 Å². The second kappa shape index (κ2) is 3.34. The summed E-state index contributed by atoms with van der Waals surface area (Å²) >= 11 is 0. The molecule has 5 heteroatoms. The monoisotopic (exact) mass is 158 g/mol. The first kappa shape index (κ1) is 9.90. The van der Waals surface area contributed by atoms with E-state index in [2.05, 4.69) is 10.5 Å². The molecule has 0 aromatic rings. The zero-order valence-electron chi connectivity index (χ0n) is 7.01. The number of hydrazone groups is 1. The van der Waals surface area contributed by atoms with Gasteiger partial charge in [0.2, 0.25) is 0 Å². The van der Waals surface area contributed by atoms with Crippen LogP contribution in [-0.2, 0) is 0 Å². The SMILES string of the molecule is CC(=NNC(N)=O)C(C)(C)N. The van der Waals surface area contributed by atoms with Crippen molar-refractivity contribution in [3.63, 3.8) is 0 Å². The van der Waals surface area contributed by atoms with Crippen LogP contribution in [0.15, 0.2) is 5.10 Å². The molecular weight excluding hydrogens is 144 g/mol. The maximum Gasteiger partial charge on any atom is 0.332 e. The second-order valence-corrected chi connectivity index (χ2v) is 2.89. The van der Waals surface area contributed by atoms with Crippen molar-refractivity contribution in [3.05, 3.63) is 0 Å². The lowest BCUT2D eigenvalue weighted by Crippen LogP contribution is -2.41. The number of hydrogen-bond acceptors (Lipinski definition) is 3. The number of nitrogens with two attached hydrogens (primary N) is 2. The molecule has 0 fully saturated rings. The molecule has 0 spiro atoms. The average molecular weight is 158 g/mol. The Hall–Kier alpha value is -1.10. The van der Waals surface area contributed by atoms with E-state index in [0.29, 0.717) is 5.71 Å². The lowest BCUT2D eigenvalue weighted by molar-refractivity contribution is 0.249. The minimum atomic E-state index is -0.686. The molecule has 0 aromatic carbocycles. The highest BCUT2D eigenvalue weighted by molar-refractivity contribution is 5.91. The van der Waals surface area contributed by atoms with Crippen molar-refractivity contribution < 1.29 is 4.79 Å². The number of urea groups is 1. The van der Waals surface area contributed by atoms with Gasteiger partial charge in [-0.1, -0.05) is 0 Å². The molecule has 0 saturated carbocycles. The molecule has 11 heavy (non-hydrogen) atoms. The molecule has 5 nitrogen and oxygen atoms in total. The third-order valence-electron chi connectivity index (χ3n) is 1.27. The predicted molar refractivity (Wildman–Crippen MR) is 44.1 cm³/mol.